The lowest BCUT2D eigenvalue weighted by Crippen LogP contribution is -2.63. The number of aliphatic carboxylic acids is 1. The Bertz CT molecular complexity index is 947. The molecule has 4 aliphatic carbocycles. The molecule has 4 rings (SSSR count). The number of hydrogen-bond donors (Lipinski definition) is 1. The fourth-order valence-corrected chi connectivity index (χ4v) is 9.67. The Labute approximate surface area is 226 Å². The first-order chi connectivity index (χ1) is 17.8. The Hall–Kier alpha value is -2.12. The molecule has 8 heteroatoms. The van der Waals surface area contributed by atoms with E-state index in [-0.39, 0.29) is 89.0 Å². The van der Waals surface area contributed by atoms with Crippen molar-refractivity contribution in [3.63, 3.8) is 0 Å². The van der Waals surface area contributed by atoms with Crippen LogP contribution in [0.4, 0.5) is 0 Å². The van der Waals surface area contributed by atoms with Crippen LogP contribution in [0, 0.1) is 46.3 Å². The number of rotatable bonds is 7. The Morgan fingerprint density at radius 1 is 0.868 bits per heavy atom. The quantitative estimate of drug-likeness (QED) is 0.352. The fraction of sp³-hybridized carbons (Fsp3) is 0.867. The molecule has 0 spiro atoms. The molecule has 4 aliphatic rings. The van der Waals surface area contributed by atoms with Gasteiger partial charge < -0.3 is 19.3 Å². The highest BCUT2D eigenvalue weighted by Gasteiger charge is 2.67. The Balaban J connectivity index is 1.71. The standard InChI is InChI=1S/C30H46O8/c1-16(7-10-27(34)35)22-8-9-23-28-24(15-26(30(22,23)6)38-19(4)33)29(5)12-11-21(36-17(2)31)13-20(29)14-25(28)37-18(3)32/h16,20-26,28H,7-15H2,1-6H3,(H,34,35)/t16-,20-,21-,22-,23+,24+,25-,26+,28+,29+,30-/m1/s1. The van der Waals surface area contributed by atoms with E-state index in [9.17, 15) is 24.3 Å². The monoisotopic (exact) mass is 534 g/mol. The first kappa shape index (κ1) is 28.9. The smallest absolute Gasteiger partial charge is 0.303 e. The number of fused-ring (bicyclic) bond motifs is 5. The van der Waals surface area contributed by atoms with Gasteiger partial charge in [-0.05, 0) is 86.4 Å². The summed E-state index contributed by atoms with van der Waals surface area (Å²) in [5, 5.41) is 9.31. The van der Waals surface area contributed by atoms with E-state index in [2.05, 4.69) is 20.8 Å². The Kier molecular flexibility index (Phi) is 8.21. The molecule has 0 aromatic rings. The van der Waals surface area contributed by atoms with Gasteiger partial charge >= 0.3 is 23.9 Å². The summed E-state index contributed by atoms with van der Waals surface area (Å²) < 4.78 is 17.8. The number of carboxylic acids is 1. The maximum absolute atomic E-state index is 12.4. The van der Waals surface area contributed by atoms with Crippen LogP contribution in [-0.2, 0) is 33.4 Å². The highest BCUT2D eigenvalue weighted by atomic mass is 16.6. The molecule has 0 aromatic heterocycles. The van der Waals surface area contributed by atoms with Crippen molar-refractivity contribution < 1.29 is 38.5 Å². The number of carboxylic acid groups (broad SMARTS) is 1. The number of esters is 3. The van der Waals surface area contributed by atoms with Gasteiger partial charge in [-0.25, -0.2) is 0 Å². The van der Waals surface area contributed by atoms with Gasteiger partial charge in [0.05, 0.1) is 0 Å². The number of hydrogen-bond acceptors (Lipinski definition) is 7. The predicted octanol–water partition coefficient (Wildman–Crippen LogP) is 5.16. The van der Waals surface area contributed by atoms with Gasteiger partial charge in [0, 0.05) is 38.5 Å². The van der Waals surface area contributed by atoms with Crippen LogP contribution in [-0.4, -0.2) is 47.3 Å². The summed E-state index contributed by atoms with van der Waals surface area (Å²) in [5.41, 5.74) is -0.355. The third-order valence-electron chi connectivity index (χ3n) is 11.2. The molecule has 0 unspecified atom stereocenters. The number of carbonyl (C=O) groups is 4. The predicted molar refractivity (Wildman–Crippen MR) is 139 cm³/mol. The van der Waals surface area contributed by atoms with Crippen LogP contribution in [0.2, 0.25) is 0 Å². The minimum Gasteiger partial charge on any atom is -0.481 e. The third kappa shape index (κ3) is 5.21. The van der Waals surface area contributed by atoms with E-state index in [0.29, 0.717) is 12.8 Å². The van der Waals surface area contributed by atoms with Crippen LogP contribution >= 0.6 is 0 Å². The number of ether oxygens (including phenoxy) is 3. The number of carbonyl (C=O) groups excluding carboxylic acids is 3. The van der Waals surface area contributed by atoms with E-state index < -0.39 is 5.97 Å². The lowest BCUT2D eigenvalue weighted by molar-refractivity contribution is -0.224. The van der Waals surface area contributed by atoms with Crippen molar-refractivity contribution in [3.8, 4) is 0 Å². The van der Waals surface area contributed by atoms with Crippen LogP contribution in [0.3, 0.4) is 0 Å². The molecule has 8 nitrogen and oxygen atoms in total. The average molecular weight is 535 g/mol. The molecular weight excluding hydrogens is 488 g/mol. The molecule has 0 saturated heterocycles. The van der Waals surface area contributed by atoms with E-state index in [1.165, 1.54) is 20.8 Å². The molecule has 0 heterocycles. The lowest BCUT2D eigenvalue weighted by atomic mass is 9.43. The summed E-state index contributed by atoms with van der Waals surface area (Å²) in [6.45, 7) is 11.1. The summed E-state index contributed by atoms with van der Waals surface area (Å²) in [4.78, 5) is 47.7. The maximum atomic E-state index is 12.4. The molecule has 0 amide bonds. The first-order valence-corrected chi connectivity index (χ1v) is 14.5. The van der Waals surface area contributed by atoms with E-state index in [1.807, 2.05) is 0 Å². The van der Waals surface area contributed by atoms with Crippen molar-refractivity contribution >= 4 is 23.9 Å². The van der Waals surface area contributed by atoms with Gasteiger partial charge in [-0.1, -0.05) is 20.8 Å². The highest BCUT2D eigenvalue weighted by molar-refractivity contribution is 5.67. The minimum atomic E-state index is -0.790. The lowest BCUT2D eigenvalue weighted by Gasteiger charge is -2.64. The molecule has 38 heavy (non-hydrogen) atoms. The van der Waals surface area contributed by atoms with Crippen molar-refractivity contribution in [3.05, 3.63) is 0 Å². The minimum absolute atomic E-state index is 0.0370. The summed E-state index contributed by atoms with van der Waals surface area (Å²) in [6.07, 6.45) is 5.93. The van der Waals surface area contributed by atoms with Crippen molar-refractivity contribution in [2.75, 3.05) is 0 Å². The van der Waals surface area contributed by atoms with E-state index in [1.54, 1.807) is 0 Å². The molecule has 1 N–H and O–H groups in total. The topological polar surface area (TPSA) is 116 Å². The van der Waals surface area contributed by atoms with E-state index >= 15 is 0 Å². The van der Waals surface area contributed by atoms with Crippen molar-refractivity contribution in [1.29, 1.82) is 0 Å². The van der Waals surface area contributed by atoms with Gasteiger partial charge in [0.1, 0.15) is 18.3 Å². The average Bonchev–Trinajstić information content (AvgIpc) is 3.16. The summed E-state index contributed by atoms with van der Waals surface area (Å²) in [7, 11) is 0. The second-order valence-electron chi connectivity index (χ2n) is 13.2. The van der Waals surface area contributed by atoms with Crippen LogP contribution < -0.4 is 0 Å². The van der Waals surface area contributed by atoms with Crippen molar-refractivity contribution in [2.45, 2.75) is 118 Å². The van der Waals surface area contributed by atoms with Crippen molar-refractivity contribution in [2.24, 2.45) is 46.3 Å². The third-order valence-corrected chi connectivity index (χ3v) is 11.2. The van der Waals surface area contributed by atoms with Gasteiger partial charge in [0.25, 0.3) is 0 Å². The Morgan fingerprint density at radius 2 is 1.53 bits per heavy atom. The molecule has 214 valence electrons. The fourth-order valence-electron chi connectivity index (χ4n) is 9.67. The summed E-state index contributed by atoms with van der Waals surface area (Å²) in [6, 6.07) is 0. The van der Waals surface area contributed by atoms with Crippen LogP contribution in [0.15, 0.2) is 0 Å². The van der Waals surface area contributed by atoms with Gasteiger partial charge in [0.2, 0.25) is 0 Å². The molecule has 4 fully saturated rings. The van der Waals surface area contributed by atoms with Gasteiger partial charge in [-0.15, -0.1) is 0 Å². The normalized spacial score (nSPS) is 42.6. The Morgan fingerprint density at radius 3 is 2.13 bits per heavy atom. The zero-order chi connectivity index (χ0) is 28.0. The second kappa shape index (κ2) is 10.8. The zero-order valence-corrected chi connectivity index (χ0v) is 23.9. The van der Waals surface area contributed by atoms with Crippen LogP contribution in [0.1, 0.15) is 99.3 Å². The van der Waals surface area contributed by atoms with Crippen molar-refractivity contribution in [1.82, 2.24) is 0 Å². The van der Waals surface area contributed by atoms with Gasteiger partial charge in [-0.3, -0.25) is 19.2 Å². The summed E-state index contributed by atoms with van der Waals surface area (Å²) in [5.74, 6) is -0.421. The maximum Gasteiger partial charge on any atom is 0.303 e. The molecule has 0 aliphatic heterocycles. The van der Waals surface area contributed by atoms with Crippen LogP contribution in [0.25, 0.3) is 0 Å². The molecule has 0 aromatic carbocycles. The summed E-state index contributed by atoms with van der Waals surface area (Å²) >= 11 is 0. The highest BCUT2D eigenvalue weighted by Crippen LogP contribution is 2.69. The van der Waals surface area contributed by atoms with E-state index in [0.717, 1.165) is 38.5 Å². The molecule has 4 saturated carbocycles. The molecule has 0 radical (unpaired) electrons. The molecule has 11 atom stereocenters. The van der Waals surface area contributed by atoms with Crippen LogP contribution in [0.5, 0.6) is 0 Å². The molecule has 0 bridgehead atoms. The second-order valence-corrected chi connectivity index (χ2v) is 13.2. The van der Waals surface area contributed by atoms with Gasteiger partial charge in [0.15, 0.2) is 0 Å². The molecular formula is C30H46O8. The van der Waals surface area contributed by atoms with E-state index in [4.69, 9.17) is 14.2 Å². The first-order valence-electron chi connectivity index (χ1n) is 14.5. The SMILES string of the molecule is CC(=O)O[C@@H]1CC[C@@]2(C)[C@H](C1)C[C@@H](OC(C)=O)[C@@H]1[C@@H]2C[C@H](OC(C)=O)[C@]2(C)[C@@H]([C@H](C)CCC(=O)O)CC[C@@H]12. The zero-order valence-electron chi connectivity index (χ0n) is 23.9. The largest absolute Gasteiger partial charge is 0.481 e. The van der Waals surface area contributed by atoms with Gasteiger partial charge in [-0.2, -0.15) is 0 Å².